The van der Waals surface area contributed by atoms with Gasteiger partial charge in [0.25, 0.3) is 0 Å². The van der Waals surface area contributed by atoms with Crippen LogP contribution in [-0.4, -0.2) is 12.1 Å². The average molecular weight is 203 g/mol. The number of likely N-dealkylation sites (N-methyl/N-ethyl adjacent to an activating group) is 1. The van der Waals surface area contributed by atoms with Gasteiger partial charge in [-0.25, -0.2) is 0 Å². The largest absolute Gasteiger partial charge is 0.366 e. The fraction of sp³-hybridized carbons (Fsp3) is 0.571. The summed E-state index contributed by atoms with van der Waals surface area (Å²) in [5.41, 5.74) is 3.38. The number of hydrogen-bond donors (Lipinski definition) is 0. The van der Waals surface area contributed by atoms with Crippen LogP contribution in [0.25, 0.3) is 0 Å². The standard InChI is InChI=1S/C14H21N/c1-4-14(5-2)11-12-9-7-8-10-13(12)15(14)6-3/h7-10H,4-6,11H2,1-3H3. The first-order chi connectivity index (χ1) is 7.27. The molecule has 1 aromatic carbocycles. The first-order valence-corrected chi connectivity index (χ1v) is 6.13. The second-order valence-corrected chi connectivity index (χ2v) is 4.48. The lowest BCUT2D eigenvalue weighted by Crippen LogP contribution is -2.45. The Morgan fingerprint density at radius 2 is 1.80 bits per heavy atom. The molecule has 2 rings (SSSR count). The summed E-state index contributed by atoms with van der Waals surface area (Å²) < 4.78 is 0. The SMILES string of the molecule is CCN1c2ccccc2CC1(CC)CC. The molecule has 1 aliphatic heterocycles. The molecule has 15 heavy (non-hydrogen) atoms. The molecule has 0 radical (unpaired) electrons. The van der Waals surface area contributed by atoms with Gasteiger partial charge < -0.3 is 4.90 Å². The Balaban J connectivity index is 2.44. The van der Waals surface area contributed by atoms with Crippen molar-refractivity contribution in [2.24, 2.45) is 0 Å². The zero-order valence-electron chi connectivity index (χ0n) is 10.1. The second-order valence-electron chi connectivity index (χ2n) is 4.48. The Labute approximate surface area is 93.1 Å². The maximum Gasteiger partial charge on any atom is 0.0438 e. The summed E-state index contributed by atoms with van der Waals surface area (Å²) in [6.07, 6.45) is 3.71. The van der Waals surface area contributed by atoms with Crippen molar-refractivity contribution in [3.8, 4) is 0 Å². The summed E-state index contributed by atoms with van der Waals surface area (Å²) in [4.78, 5) is 2.60. The van der Waals surface area contributed by atoms with Crippen molar-refractivity contribution < 1.29 is 0 Å². The van der Waals surface area contributed by atoms with Crippen LogP contribution in [0.1, 0.15) is 39.2 Å². The van der Waals surface area contributed by atoms with E-state index in [2.05, 4.69) is 49.9 Å². The van der Waals surface area contributed by atoms with E-state index in [9.17, 15) is 0 Å². The molecule has 0 fully saturated rings. The van der Waals surface area contributed by atoms with Crippen molar-refractivity contribution in [1.29, 1.82) is 0 Å². The lowest BCUT2D eigenvalue weighted by atomic mass is 9.88. The third kappa shape index (κ3) is 1.45. The van der Waals surface area contributed by atoms with Gasteiger partial charge in [0.15, 0.2) is 0 Å². The minimum Gasteiger partial charge on any atom is -0.366 e. The molecule has 82 valence electrons. The minimum atomic E-state index is 0.387. The van der Waals surface area contributed by atoms with Gasteiger partial charge in [-0.3, -0.25) is 0 Å². The van der Waals surface area contributed by atoms with Gasteiger partial charge in [-0.2, -0.15) is 0 Å². The van der Waals surface area contributed by atoms with Gasteiger partial charge in [0.2, 0.25) is 0 Å². The Hall–Kier alpha value is -0.980. The van der Waals surface area contributed by atoms with Crippen LogP contribution in [0.2, 0.25) is 0 Å². The molecule has 0 aliphatic carbocycles. The van der Waals surface area contributed by atoms with Crippen LogP contribution in [0.5, 0.6) is 0 Å². The van der Waals surface area contributed by atoms with Gasteiger partial charge in [0.1, 0.15) is 0 Å². The van der Waals surface area contributed by atoms with E-state index < -0.39 is 0 Å². The highest BCUT2D eigenvalue weighted by Gasteiger charge is 2.39. The zero-order valence-corrected chi connectivity index (χ0v) is 10.1. The molecule has 0 aromatic heterocycles. The fourth-order valence-electron chi connectivity index (χ4n) is 3.02. The molecular formula is C14H21N. The Kier molecular flexibility index (Phi) is 2.72. The van der Waals surface area contributed by atoms with Crippen molar-refractivity contribution in [2.75, 3.05) is 11.4 Å². The highest BCUT2D eigenvalue weighted by atomic mass is 15.2. The third-order valence-electron chi connectivity index (χ3n) is 4.01. The first kappa shape index (κ1) is 10.5. The normalized spacial score (nSPS) is 17.9. The summed E-state index contributed by atoms with van der Waals surface area (Å²) >= 11 is 0. The molecular weight excluding hydrogens is 182 g/mol. The smallest absolute Gasteiger partial charge is 0.0438 e. The zero-order chi connectivity index (χ0) is 10.9. The first-order valence-electron chi connectivity index (χ1n) is 6.13. The number of rotatable bonds is 3. The maximum atomic E-state index is 2.60. The molecule has 1 aromatic rings. The Morgan fingerprint density at radius 3 is 2.40 bits per heavy atom. The maximum absolute atomic E-state index is 2.60. The quantitative estimate of drug-likeness (QED) is 0.725. The van der Waals surface area contributed by atoms with Crippen molar-refractivity contribution in [2.45, 2.75) is 45.6 Å². The number of para-hydroxylation sites is 1. The molecule has 1 aliphatic rings. The van der Waals surface area contributed by atoms with Crippen LogP contribution in [-0.2, 0) is 6.42 Å². The number of anilines is 1. The Morgan fingerprint density at radius 1 is 1.13 bits per heavy atom. The van der Waals surface area contributed by atoms with Crippen LogP contribution in [0.3, 0.4) is 0 Å². The van der Waals surface area contributed by atoms with E-state index in [1.165, 1.54) is 30.5 Å². The molecule has 0 spiro atoms. The van der Waals surface area contributed by atoms with Crippen LogP contribution in [0, 0.1) is 0 Å². The van der Waals surface area contributed by atoms with Gasteiger partial charge in [-0.1, -0.05) is 32.0 Å². The molecule has 0 unspecified atom stereocenters. The van der Waals surface area contributed by atoms with Crippen molar-refractivity contribution in [1.82, 2.24) is 0 Å². The predicted octanol–water partition coefficient (Wildman–Crippen LogP) is 3.63. The number of hydrogen-bond acceptors (Lipinski definition) is 1. The molecule has 0 N–H and O–H groups in total. The van der Waals surface area contributed by atoms with E-state index in [0.717, 1.165) is 6.54 Å². The Bertz CT molecular complexity index is 339. The van der Waals surface area contributed by atoms with Crippen LogP contribution < -0.4 is 4.90 Å². The van der Waals surface area contributed by atoms with Crippen LogP contribution in [0.4, 0.5) is 5.69 Å². The summed E-state index contributed by atoms with van der Waals surface area (Å²) in [6, 6.07) is 8.87. The van der Waals surface area contributed by atoms with Gasteiger partial charge in [0.05, 0.1) is 0 Å². The van der Waals surface area contributed by atoms with E-state index in [1.807, 2.05) is 0 Å². The van der Waals surface area contributed by atoms with E-state index in [1.54, 1.807) is 0 Å². The third-order valence-corrected chi connectivity index (χ3v) is 4.01. The van der Waals surface area contributed by atoms with Gasteiger partial charge in [-0.05, 0) is 37.8 Å². The van der Waals surface area contributed by atoms with E-state index in [4.69, 9.17) is 0 Å². The monoisotopic (exact) mass is 203 g/mol. The lowest BCUT2D eigenvalue weighted by Gasteiger charge is -2.38. The van der Waals surface area contributed by atoms with Crippen molar-refractivity contribution >= 4 is 5.69 Å². The molecule has 1 nitrogen and oxygen atoms in total. The lowest BCUT2D eigenvalue weighted by molar-refractivity contribution is 0.382. The predicted molar refractivity (Wildman–Crippen MR) is 66.5 cm³/mol. The van der Waals surface area contributed by atoms with Crippen LogP contribution in [0.15, 0.2) is 24.3 Å². The molecule has 0 saturated carbocycles. The van der Waals surface area contributed by atoms with Gasteiger partial charge in [0, 0.05) is 17.8 Å². The summed E-state index contributed by atoms with van der Waals surface area (Å²) in [5.74, 6) is 0. The topological polar surface area (TPSA) is 3.24 Å². The molecule has 1 heterocycles. The highest BCUT2D eigenvalue weighted by Crippen LogP contribution is 2.42. The van der Waals surface area contributed by atoms with Crippen molar-refractivity contribution in [3.63, 3.8) is 0 Å². The molecule has 0 saturated heterocycles. The molecule has 0 atom stereocenters. The highest BCUT2D eigenvalue weighted by molar-refractivity contribution is 5.61. The number of fused-ring (bicyclic) bond motifs is 1. The number of benzene rings is 1. The fourth-order valence-corrected chi connectivity index (χ4v) is 3.02. The van der Waals surface area contributed by atoms with Gasteiger partial charge in [-0.15, -0.1) is 0 Å². The summed E-state index contributed by atoms with van der Waals surface area (Å²) in [7, 11) is 0. The van der Waals surface area contributed by atoms with Crippen LogP contribution >= 0.6 is 0 Å². The average Bonchev–Trinajstić information content (AvgIpc) is 2.62. The van der Waals surface area contributed by atoms with E-state index >= 15 is 0 Å². The molecule has 1 heteroatoms. The second kappa shape index (κ2) is 3.88. The summed E-state index contributed by atoms with van der Waals surface area (Å²) in [6.45, 7) is 8.02. The van der Waals surface area contributed by atoms with E-state index in [-0.39, 0.29) is 0 Å². The summed E-state index contributed by atoms with van der Waals surface area (Å²) in [5, 5.41) is 0. The minimum absolute atomic E-state index is 0.387. The van der Waals surface area contributed by atoms with E-state index in [0.29, 0.717) is 5.54 Å². The van der Waals surface area contributed by atoms with Crippen molar-refractivity contribution in [3.05, 3.63) is 29.8 Å². The molecule has 0 amide bonds. The van der Waals surface area contributed by atoms with Gasteiger partial charge >= 0.3 is 0 Å². The molecule has 0 bridgehead atoms. The number of nitrogens with zero attached hydrogens (tertiary/aromatic N) is 1.